The second-order valence-electron chi connectivity index (χ2n) is 5.48. The number of phenols is 3. The molecule has 1 heterocycles. The monoisotopic (exact) mass is 331 g/mol. The Labute approximate surface area is 135 Å². The van der Waals surface area contributed by atoms with Crippen molar-refractivity contribution in [1.82, 2.24) is 0 Å². The Balaban J connectivity index is 2.31. The van der Waals surface area contributed by atoms with E-state index in [1.165, 1.54) is 18.2 Å². The molecule has 6 nitrogen and oxygen atoms in total. The molecule has 3 rings (SSSR count). The summed E-state index contributed by atoms with van der Waals surface area (Å²) in [7, 11) is 3.46. The highest BCUT2D eigenvalue weighted by atomic mass is 19.1. The lowest BCUT2D eigenvalue weighted by Gasteiger charge is -2.15. The fourth-order valence-corrected chi connectivity index (χ4v) is 2.44. The fourth-order valence-electron chi connectivity index (χ4n) is 2.44. The van der Waals surface area contributed by atoms with Crippen LogP contribution in [0.1, 0.15) is 0 Å². The van der Waals surface area contributed by atoms with Crippen molar-refractivity contribution in [2.45, 2.75) is 0 Å². The number of anilines is 1. The number of rotatable bonds is 2. The molecule has 0 spiro atoms. The normalized spacial score (nSPS) is 11.0. The summed E-state index contributed by atoms with van der Waals surface area (Å²) in [4.78, 5) is 13.8. The van der Waals surface area contributed by atoms with Crippen LogP contribution in [-0.2, 0) is 0 Å². The Morgan fingerprint density at radius 2 is 1.75 bits per heavy atom. The van der Waals surface area contributed by atoms with E-state index in [0.717, 1.165) is 12.1 Å². The van der Waals surface area contributed by atoms with E-state index >= 15 is 0 Å². The number of hydrogen-bond donors (Lipinski definition) is 3. The number of hydrogen-bond acceptors (Lipinski definition) is 6. The first-order valence-corrected chi connectivity index (χ1v) is 6.99. The summed E-state index contributed by atoms with van der Waals surface area (Å²) in [6.07, 6.45) is 0. The van der Waals surface area contributed by atoms with Crippen molar-refractivity contribution >= 4 is 16.7 Å². The fraction of sp³-hybridized carbons (Fsp3) is 0.118. The van der Waals surface area contributed by atoms with Crippen LogP contribution in [0.15, 0.2) is 39.5 Å². The molecule has 0 saturated carbocycles. The van der Waals surface area contributed by atoms with Gasteiger partial charge >= 0.3 is 0 Å². The summed E-state index contributed by atoms with van der Waals surface area (Å²) in [6, 6.07) is 6.50. The molecule has 3 aromatic rings. The zero-order chi connectivity index (χ0) is 17.6. The zero-order valence-corrected chi connectivity index (χ0v) is 12.9. The SMILES string of the molecule is CN(C)c1ccc(-c2oc3c(O)c(O)ccc3c(=O)c2F)cc1O. The van der Waals surface area contributed by atoms with E-state index in [4.69, 9.17) is 4.42 Å². The number of nitrogens with zero attached hydrogens (tertiary/aromatic N) is 1. The molecule has 124 valence electrons. The molecule has 1 aromatic heterocycles. The molecule has 24 heavy (non-hydrogen) atoms. The Kier molecular flexibility index (Phi) is 3.56. The Bertz CT molecular complexity index is 1010. The number of halogens is 1. The second-order valence-corrected chi connectivity index (χ2v) is 5.48. The Hall–Kier alpha value is -3.22. The molecule has 2 aromatic carbocycles. The number of fused-ring (bicyclic) bond motifs is 1. The molecule has 0 bridgehead atoms. The number of phenolic OH excluding ortho intramolecular Hbond substituents is 3. The van der Waals surface area contributed by atoms with E-state index in [-0.39, 0.29) is 22.3 Å². The summed E-state index contributed by atoms with van der Waals surface area (Å²) >= 11 is 0. The van der Waals surface area contributed by atoms with Crippen LogP contribution in [0.25, 0.3) is 22.3 Å². The first-order valence-electron chi connectivity index (χ1n) is 6.99. The molecule has 0 aliphatic heterocycles. The molecule has 0 amide bonds. The van der Waals surface area contributed by atoms with Crippen LogP contribution < -0.4 is 10.3 Å². The molecule has 7 heteroatoms. The largest absolute Gasteiger partial charge is 0.506 e. The molecule has 0 fully saturated rings. The molecule has 0 saturated heterocycles. The summed E-state index contributed by atoms with van der Waals surface area (Å²) in [5.74, 6) is -2.85. The maximum atomic E-state index is 14.4. The van der Waals surface area contributed by atoms with Gasteiger partial charge in [-0.05, 0) is 30.3 Å². The van der Waals surface area contributed by atoms with Crippen LogP contribution in [0.3, 0.4) is 0 Å². The lowest BCUT2D eigenvalue weighted by atomic mass is 10.1. The van der Waals surface area contributed by atoms with Gasteiger partial charge in [-0.15, -0.1) is 0 Å². The van der Waals surface area contributed by atoms with Crippen LogP contribution in [0, 0.1) is 5.82 Å². The van der Waals surface area contributed by atoms with Gasteiger partial charge < -0.3 is 24.6 Å². The van der Waals surface area contributed by atoms with Gasteiger partial charge in [-0.2, -0.15) is 4.39 Å². The van der Waals surface area contributed by atoms with Crippen molar-refractivity contribution in [3.63, 3.8) is 0 Å². The highest BCUT2D eigenvalue weighted by Gasteiger charge is 2.20. The van der Waals surface area contributed by atoms with Gasteiger partial charge in [0.05, 0.1) is 11.1 Å². The predicted octanol–water partition coefficient (Wildman–Crippen LogP) is 2.78. The van der Waals surface area contributed by atoms with Crippen molar-refractivity contribution in [2.75, 3.05) is 19.0 Å². The smallest absolute Gasteiger partial charge is 0.229 e. The van der Waals surface area contributed by atoms with Crippen LogP contribution in [0.4, 0.5) is 10.1 Å². The van der Waals surface area contributed by atoms with Gasteiger partial charge in [0.1, 0.15) is 5.75 Å². The van der Waals surface area contributed by atoms with Gasteiger partial charge in [0.2, 0.25) is 17.0 Å². The summed E-state index contributed by atoms with van der Waals surface area (Å²) < 4.78 is 19.7. The summed E-state index contributed by atoms with van der Waals surface area (Å²) in [6.45, 7) is 0. The topological polar surface area (TPSA) is 94.1 Å². The lowest BCUT2D eigenvalue weighted by Crippen LogP contribution is -2.10. The standard InChI is InChI=1S/C17H14FNO5/c1-19(2)10-5-3-8(7-12(10)21)16-13(18)14(22)9-4-6-11(20)15(23)17(9)24-16/h3-7,20-21,23H,1-2H3. The van der Waals surface area contributed by atoms with E-state index in [2.05, 4.69) is 0 Å². The van der Waals surface area contributed by atoms with Crippen molar-refractivity contribution in [3.05, 3.63) is 46.4 Å². The molecule has 0 radical (unpaired) electrons. The quantitative estimate of drug-likeness (QED) is 0.625. The number of benzene rings is 2. The van der Waals surface area contributed by atoms with E-state index in [1.807, 2.05) is 0 Å². The molecular weight excluding hydrogens is 317 g/mol. The highest BCUT2D eigenvalue weighted by Crippen LogP contribution is 2.37. The van der Waals surface area contributed by atoms with Crippen LogP contribution in [0.5, 0.6) is 17.2 Å². The third-order valence-corrected chi connectivity index (χ3v) is 3.68. The second kappa shape index (κ2) is 5.45. The van der Waals surface area contributed by atoms with Gasteiger partial charge in [-0.3, -0.25) is 4.79 Å². The van der Waals surface area contributed by atoms with Crippen LogP contribution in [-0.4, -0.2) is 29.4 Å². The summed E-state index contributed by atoms with van der Waals surface area (Å²) in [5, 5.41) is 29.2. The molecule has 0 aliphatic rings. The van der Waals surface area contributed by atoms with Crippen LogP contribution in [0.2, 0.25) is 0 Å². The van der Waals surface area contributed by atoms with Crippen molar-refractivity contribution in [1.29, 1.82) is 0 Å². The van der Waals surface area contributed by atoms with Crippen molar-refractivity contribution in [3.8, 4) is 28.6 Å². The maximum absolute atomic E-state index is 14.4. The molecular formula is C17H14FNO5. The van der Waals surface area contributed by atoms with Crippen molar-refractivity contribution < 1.29 is 24.1 Å². The van der Waals surface area contributed by atoms with Crippen molar-refractivity contribution in [2.24, 2.45) is 0 Å². The molecule has 3 N–H and O–H groups in total. The zero-order valence-electron chi connectivity index (χ0n) is 12.9. The average Bonchev–Trinajstić information content (AvgIpc) is 2.53. The van der Waals surface area contributed by atoms with Gasteiger partial charge in [-0.1, -0.05) is 0 Å². The molecule has 0 unspecified atom stereocenters. The third-order valence-electron chi connectivity index (χ3n) is 3.68. The lowest BCUT2D eigenvalue weighted by molar-refractivity contribution is 0.398. The minimum absolute atomic E-state index is 0.123. The minimum atomic E-state index is -1.15. The third kappa shape index (κ3) is 2.30. The van der Waals surface area contributed by atoms with E-state index in [0.29, 0.717) is 5.69 Å². The van der Waals surface area contributed by atoms with Gasteiger partial charge in [0.15, 0.2) is 17.1 Å². The maximum Gasteiger partial charge on any atom is 0.229 e. The Morgan fingerprint density at radius 3 is 2.38 bits per heavy atom. The van der Waals surface area contributed by atoms with Gasteiger partial charge in [-0.25, -0.2) is 0 Å². The molecule has 0 atom stereocenters. The van der Waals surface area contributed by atoms with E-state index in [1.54, 1.807) is 19.0 Å². The minimum Gasteiger partial charge on any atom is -0.506 e. The molecule has 0 aliphatic carbocycles. The van der Waals surface area contributed by atoms with E-state index in [9.17, 15) is 24.5 Å². The van der Waals surface area contributed by atoms with Gasteiger partial charge in [0, 0.05) is 19.7 Å². The predicted molar refractivity (Wildman–Crippen MR) is 87.2 cm³/mol. The first kappa shape index (κ1) is 15.7. The van der Waals surface area contributed by atoms with Gasteiger partial charge in [0.25, 0.3) is 0 Å². The highest BCUT2D eigenvalue weighted by molar-refractivity contribution is 5.86. The van der Waals surface area contributed by atoms with E-state index < -0.39 is 28.5 Å². The Morgan fingerprint density at radius 1 is 1.04 bits per heavy atom. The first-order chi connectivity index (χ1) is 11.3. The summed E-state index contributed by atoms with van der Waals surface area (Å²) in [5.41, 5.74) is -0.676. The van der Waals surface area contributed by atoms with Crippen LogP contribution >= 0.6 is 0 Å². The average molecular weight is 331 g/mol. The number of aromatic hydroxyl groups is 3.